The van der Waals surface area contributed by atoms with Gasteiger partial charge in [0.25, 0.3) is 0 Å². The number of benzene rings is 1. The number of hydrogen-bond donors (Lipinski definition) is 0. The summed E-state index contributed by atoms with van der Waals surface area (Å²) in [4.78, 5) is 9.93. The average Bonchev–Trinajstić information content (AvgIpc) is 2.15. The van der Waals surface area contributed by atoms with Crippen molar-refractivity contribution < 1.29 is 13.9 Å². The minimum atomic E-state index is -0.270. The van der Waals surface area contributed by atoms with Gasteiger partial charge in [-0.3, -0.25) is 0 Å². The van der Waals surface area contributed by atoms with E-state index < -0.39 is 0 Å². The largest absolute Gasteiger partial charge is 0.376 e. The standard InChI is InChI=1S/C10H11FO2/c11-10-5-2-1-4-9(10)8-13-7-3-6-12/h1-2,4-6H,3,7-8H2. The lowest BCUT2D eigenvalue weighted by molar-refractivity contribution is -0.108. The summed E-state index contributed by atoms with van der Waals surface area (Å²) in [6.07, 6.45) is 1.13. The lowest BCUT2D eigenvalue weighted by Crippen LogP contribution is -1.97. The first-order chi connectivity index (χ1) is 6.34. The molecule has 0 aliphatic carbocycles. The van der Waals surface area contributed by atoms with Crippen molar-refractivity contribution in [2.45, 2.75) is 13.0 Å². The Hall–Kier alpha value is -1.22. The summed E-state index contributed by atoms with van der Waals surface area (Å²) in [6.45, 7) is 0.568. The SMILES string of the molecule is O=CCCOCc1ccccc1F. The maximum atomic E-state index is 12.9. The van der Waals surface area contributed by atoms with Crippen molar-refractivity contribution in [3.63, 3.8) is 0 Å². The fourth-order valence-electron chi connectivity index (χ4n) is 0.929. The third-order valence-corrected chi connectivity index (χ3v) is 1.60. The van der Waals surface area contributed by atoms with Gasteiger partial charge >= 0.3 is 0 Å². The van der Waals surface area contributed by atoms with Gasteiger partial charge in [0.1, 0.15) is 12.1 Å². The van der Waals surface area contributed by atoms with E-state index in [-0.39, 0.29) is 12.4 Å². The smallest absolute Gasteiger partial charge is 0.128 e. The summed E-state index contributed by atoms with van der Waals surface area (Å²) in [6, 6.07) is 6.43. The Morgan fingerprint density at radius 2 is 2.15 bits per heavy atom. The summed E-state index contributed by atoms with van der Waals surface area (Å²) < 4.78 is 18.0. The third-order valence-electron chi connectivity index (χ3n) is 1.60. The van der Waals surface area contributed by atoms with Crippen LogP contribution in [0.2, 0.25) is 0 Å². The van der Waals surface area contributed by atoms with Gasteiger partial charge in [0, 0.05) is 12.0 Å². The van der Waals surface area contributed by atoms with Gasteiger partial charge in [-0.05, 0) is 6.07 Å². The van der Waals surface area contributed by atoms with Crippen LogP contribution in [-0.4, -0.2) is 12.9 Å². The maximum absolute atomic E-state index is 12.9. The van der Waals surface area contributed by atoms with Crippen LogP contribution >= 0.6 is 0 Å². The molecule has 0 atom stereocenters. The summed E-state index contributed by atoms with van der Waals surface area (Å²) in [5.41, 5.74) is 0.522. The van der Waals surface area contributed by atoms with Crippen LogP contribution in [0, 0.1) is 5.82 Å². The van der Waals surface area contributed by atoms with Gasteiger partial charge in [0.2, 0.25) is 0 Å². The number of halogens is 1. The molecule has 0 spiro atoms. The third kappa shape index (κ3) is 3.34. The Balaban J connectivity index is 2.36. The molecule has 13 heavy (non-hydrogen) atoms. The van der Waals surface area contributed by atoms with Crippen molar-refractivity contribution in [2.24, 2.45) is 0 Å². The molecule has 0 unspecified atom stereocenters. The van der Waals surface area contributed by atoms with Crippen LogP contribution in [0.4, 0.5) is 4.39 Å². The first kappa shape index (κ1) is 9.86. The van der Waals surface area contributed by atoms with Crippen molar-refractivity contribution >= 4 is 6.29 Å². The molecule has 0 N–H and O–H groups in total. The van der Waals surface area contributed by atoms with Gasteiger partial charge in [0.15, 0.2) is 0 Å². The van der Waals surface area contributed by atoms with Crippen LogP contribution in [0.1, 0.15) is 12.0 Å². The molecular formula is C10H11FO2. The molecule has 0 bridgehead atoms. The van der Waals surface area contributed by atoms with Crippen LogP contribution in [0.15, 0.2) is 24.3 Å². The molecule has 0 fully saturated rings. The van der Waals surface area contributed by atoms with E-state index in [1.165, 1.54) is 6.07 Å². The maximum Gasteiger partial charge on any atom is 0.128 e. The van der Waals surface area contributed by atoms with Gasteiger partial charge in [-0.25, -0.2) is 4.39 Å². The predicted octanol–water partition coefficient (Wildman–Crippen LogP) is 1.93. The average molecular weight is 182 g/mol. The van der Waals surface area contributed by atoms with Gasteiger partial charge < -0.3 is 9.53 Å². The van der Waals surface area contributed by atoms with Crippen LogP contribution in [0.3, 0.4) is 0 Å². The minimum Gasteiger partial charge on any atom is -0.376 e. The molecule has 0 saturated carbocycles. The van der Waals surface area contributed by atoms with Crippen LogP contribution in [0.5, 0.6) is 0 Å². The lowest BCUT2D eigenvalue weighted by Gasteiger charge is -2.02. The second-order valence-electron chi connectivity index (χ2n) is 2.60. The molecule has 70 valence electrons. The number of ether oxygens (including phenoxy) is 1. The molecular weight excluding hydrogens is 171 g/mol. The number of aldehydes is 1. The van der Waals surface area contributed by atoms with Gasteiger partial charge in [0.05, 0.1) is 13.2 Å². The topological polar surface area (TPSA) is 26.3 Å². The van der Waals surface area contributed by atoms with Crippen molar-refractivity contribution in [2.75, 3.05) is 6.61 Å². The molecule has 0 aromatic heterocycles. The minimum absolute atomic E-state index is 0.223. The summed E-state index contributed by atoms with van der Waals surface area (Å²) in [7, 11) is 0. The molecule has 1 aromatic carbocycles. The highest BCUT2D eigenvalue weighted by molar-refractivity contribution is 5.49. The number of rotatable bonds is 5. The molecule has 3 heteroatoms. The van der Waals surface area contributed by atoms with Gasteiger partial charge in [-0.2, -0.15) is 0 Å². The molecule has 0 radical (unpaired) electrons. The second-order valence-corrected chi connectivity index (χ2v) is 2.60. The Kier molecular flexibility index (Phi) is 4.12. The van der Waals surface area contributed by atoms with E-state index >= 15 is 0 Å². The van der Waals surface area contributed by atoms with Crippen LogP contribution in [0.25, 0.3) is 0 Å². The Morgan fingerprint density at radius 3 is 2.85 bits per heavy atom. The monoisotopic (exact) mass is 182 g/mol. The zero-order chi connectivity index (χ0) is 9.52. The zero-order valence-corrected chi connectivity index (χ0v) is 7.20. The summed E-state index contributed by atoms with van der Waals surface area (Å²) in [5.74, 6) is -0.270. The van der Waals surface area contributed by atoms with E-state index in [0.717, 1.165) is 6.29 Å². The second kappa shape index (κ2) is 5.43. The molecule has 0 aliphatic rings. The van der Waals surface area contributed by atoms with Crippen LogP contribution in [-0.2, 0) is 16.1 Å². The van der Waals surface area contributed by atoms with Gasteiger partial charge in [-0.1, -0.05) is 18.2 Å². The fraction of sp³-hybridized carbons (Fsp3) is 0.300. The Labute approximate surface area is 76.3 Å². The number of carbonyl (C=O) groups excluding carboxylic acids is 1. The number of carbonyl (C=O) groups is 1. The van der Waals surface area contributed by atoms with Gasteiger partial charge in [-0.15, -0.1) is 0 Å². The Bertz CT molecular complexity index is 273. The van der Waals surface area contributed by atoms with E-state index in [1.54, 1.807) is 18.2 Å². The van der Waals surface area contributed by atoms with E-state index in [1.807, 2.05) is 0 Å². The highest BCUT2D eigenvalue weighted by atomic mass is 19.1. The lowest BCUT2D eigenvalue weighted by atomic mass is 10.2. The molecule has 1 rings (SSSR count). The molecule has 1 aromatic rings. The zero-order valence-electron chi connectivity index (χ0n) is 7.20. The predicted molar refractivity (Wildman–Crippen MR) is 46.7 cm³/mol. The molecule has 0 amide bonds. The highest BCUT2D eigenvalue weighted by Crippen LogP contribution is 2.07. The number of hydrogen-bond acceptors (Lipinski definition) is 2. The first-order valence-corrected chi connectivity index (χ1v) is 4.09. The van der Waals surface area contributed by atoms with Crippen molar-refractivity contribution in [3.8, 4) is 0 Å². The molecule has 0 aliphatic heterocycles. The summed E-state index contributed by atoms with van der Waals surface area (Å²) in [5, 5.41) is 0. The summed E-state index contributed by atoms with van der Waals surface area (Å²) >= 11 is 0. The van der Waals surface area contributed by atoms with Crippen molar-refractivity contribution in [3.05, 3.63) is 35.6 Å². The van der Waals surface area contributed by atoms with E-state index in [9.17, 15) is 9.18 Å². The van der Waals surface area contributed by atoms with Crippen molar-refractivity contribution in [1.82, 2.24) is 0 Å². The first-order valence-electron chi connectivity index (χ1n) is 4.09. The van der Waals surface area contributed by atoms with Crippen molar-refractivity contribution in [1.29, 1.82) is 0 Å². The quantitative estimate of drug-likeness (QED) is 0.513. The normalized spacial score (nSPS) is 9.92. The van der Waals surface area contributed by atoms with E-state index in [2.05, 4.69) is 0 Å². The molecule has 2 nitrogen and oxygen atoms in total. The fourth-order valence-corrected chi connectivity index (χ4v) is 0.929. The van der Waals surface area contributed by atoms with Crippen LogP contribution < -0.4 is 0 Å². The Morgan fingerprint density at radius 1 is 1.38 bits per heavy atom. The van der Waals surface area contributed by atoms with E-state index in [4.69, 9.17) is 4.74 Å². The van der Waals surface area contributed by atoms with E-state index in [0.29, 0.717) is 18.6 Å². The molecule has 0 saturated heterocycles. The highest BCUT2D eigenvalue weighted by Gasteiger charge is 1.99. The molecule has 0 heterocycles.